The standard InChI is InChI=1S/C34H41NO2/c1-3-5-7-11-26-36-31-22-18-29(19-23-31)35(34-17-13-15-28-14-9-10-16-33(28)34)30-20-24-32(25-21-30)37-27-12-8-6-4-2/h9-10,13-25H,3-8,11-12,26-27H2,1-2H3. The van der Waals surface area contributed by atoms with E-state index < -0.39 is 0 Å². The number of ether oxygens (including phenoxy) is 2. The molecule has 0 saturated carbocycles. The Bertz CT molecular complexity index is 1140. The highest BCUT2D eigenvalue weighted by Gasteiger charge is 2.15. The molecule has 0 unspecified atom stereocenters. The van der Waals surface area contributed by atoms with E-state index >= 15 is 0 Å². The van der Waals surface area contributed by atoms with Crippen molar-refractivity contribution in [2.75, 3.05) is 18.1 Å². The van der Waals surface area contributed by atoms with Gasteiger partial charge in [-0.2, -0.15) is 0 Å². The first-order valence-corrected chi connectivity index (χ1v) is 14.0. The van der Waals surface area contributed by atoms with E-state index in [9.17, 15) is 0 Å². The van der Waals surface area contributed by atoms with Crippen molar-refractivity contribution < 1.29 is 9.47 Å². The van der Waals surface area contributed by atoms with Gasteiger partial charge in [-0.1, -0.05) is 88.8 Å². The maximum atomic E-state index is 6.01. The van der Waals surface area contributed by atoms with E-state index in [2.05, 4.69) is 110 Å². The van der Waals surface area contributed by atoms with Crippen LogP contribution in [0.15, 0.2) is 91.0 Å². The van der Waals surface area contributed by atoms with Crippen LogP contribution >= 0.6 is 0 Å². The summed E-state index contributed by atoms with van der Waals surface area (Å²) in [5.41, 5.74) is 3.35. The van der Waals surface area contributed by atoms with Crippen LogP contribution in [0.2, 0.25) is 0 Å². The molecule has 0 aliphatic rings. The zero-order chi connectivity index (χ0) is 25.7. The maximum Gasteiger partial charge on any atom is 0.119 e. The van der Waals surface area contributed by atoms with E-state index in [1.165, 1.54) is 49.3 Å². The van der Waals surface area contributed by atoms with Gasteiger partial charge in [-0.3, -0.25) is 0 Å². The number of benzene rings is 4. The predicted molar refractivity (Wildman–Crippen MR) is 158 cm³/mol. The number of anilines is 3. The summed E-state index contributed by atoms with van der Waals surface area (Å²) in [6.45, 7) is 6.01. The van der Waals surface area contributed by atoms with E-state index in [-0.39, 0.29) is 0 Å². The molecule has 0 aromatic heterocycles. The van der Waals surface area contributed by atoms with E-state index in [0.717, 1.165) is 54.6 Å². The summed E-state index contributed by atoms with van der Waals surface area (Å²) in [6.07, 6.45) is 9.67. The Kier molecular flexibility index (Phi) is 10.3. The minimum Gasteiger partial charge on any atom is -0.494 e. The van der Waals surface area contributed by atoms with Gasteiger partial charge in [0.15, 0.2) is 0 Å². The molecule has 0 atom stereocenters. The highest BCUT2D eigenvalue weighted by molar-refractivity contribution is 5.98. The third kappa shape index (κ3) is 7.52. The molecule has 0 fully saturated rings. The summed E-state index contributed by atoms with van der Waals surface area (Å²) in [7, 11) is 0. The van der Waals surface area contributed by atoms with Crippen molar-refractivity contribution in [3.8, 4) is 11.5 Å². The molecule has 4 aromatic carbocycles. The highest BCUT2D eigenvalue weighted by Crippen LogP contribution is 2.39. The molecule has 0 amide bonds. The van der Waals surface area contributed by atoms with Crippen molar-refractivity contribution >= 4 is 27.8 Å². The molecule has 0 bridgehead atoms. The van der Waals surface area contributed by atoms with Gasteiger partial charge in [0.25, 0.3) is 0 Å². The monoisotopic (exact) mass is 495 g/mol. The Labute approximate surface area is 223 Å². The number of rotatable bonds is 15. The van der Waals surface area contributed by atoms with E-state index in [1.807, 2.05) is 0 Å². The minimum absolute atomic E-state index is 0.770. The van der Waals surface area contributed by atoms with Crippen molar-refractivity contribution in [2.45, 2.75) is 65.2 Å². The van der Waals surface area contributed by atoms with Crippen LogP contribution in [0.4, 0.5) is 17.1 Å². The molecular weight excluding hydrogens is 454 g/mol. The molecule has 0 N–H and O–H groups in total. The third-order valence-electron chi connectivity index (χ3n) is 6.73. The molecule has 4 aromatic rings. The van der Waals surface area contributed by atoms with Crippen LogP contribution in [0.5, 0.6) is 11.5 Å². The lowest BCUT2D eigenvalue weighted by atomic mass is 10.1. The van der Waals surface area contributed by atoms with Gasteiger partial charge in [0, 0.05) is 16.8 Å². The molecule has 3 nitrogen and oxygen atoms in total. The van der Waals surface area contributed by atoms with Gasteiger partial charge < -0.3 is 14.4 Å². The fourth-order valence-corrected chi connectivity index (χ4v) is 4.65. The Hall–Kier alpha value is -3.46. The first-order valence-electron chi connectivity index (χ1n) is 14.0. The topological polar surface area (TPSA) is 21.7 Å². The number of nitrogens with zero attached hydrogens (tertiary/aromatic N) is 1. The SMILES string of the molecule is CCCCCCOc1ccc(N(c2ccc(OCCCCCC)cc2)c2cccc3ccccc23)cc1. The van der Waals surface area contributed by atoms with E-state index in [0.29, 0.717) is 0 Å². The fourth-order valence-electron chi connectivity index (χ4n) is 4.65. The molecule has 0 radical (unpaired) electrons. The van der Waals surface area contributed by atoms with Gasteiger partial charge in [0.2, 0.25) is 0 Å². The number of hydrogen-bond acceptors (Lipinski definition) is 3. The maximum absolute atomic E-state index is 6.01. The Morgan fingerprint density at radius 1 is 0.514 bits per heavy atom. The quantitative estimate of drug-likeness (QED) is 0.153. The molecule has 0 aliphatic heterocycles. The van der Waals surface area contributed by atoms with Crippen molar-refractivity contribution in [3.05, 3.63) is 91.0 Å². The number of hydrogen-bond donors (Lipinski definition) is 0. The smallest absolute Gasteiger partial charge is 0.119 e. The van der Waals surface area contributed by atoms with Gasteiger partial charge in [0.1, 0.15) is 11.5 Å². The summed E-state index contributed by atoms with van der Waals surface area (Å²) in [5.74, 6) is 1.84. The van der Waals surface area contributed by atoms with Crippen LogP contribution in [0, 0.1) is 0 Å². The minimum atomic E-state index is 0.770. The van der Waals surface area contributed by atoms with Crippen molar-refractivity contribution in [3.63, 3.8) is 0 Å². The Morgan fingerprint density at radius 2 is 1.03 bits per heavy atom. The molecule has 0 saturated heterocycles. The Morgan fingerprint density at radius 3 is 1.57 bits per heavy atom. The lowest BCUT2D eigenvalue weighted by Crippen LogP contribution is -2.10. The summed E-state index contributed by atoms with van der Waals surface area (Å²) >= 11 is 0. The lowest BCUT2D eigenvalue weighted by Gasteiger charge is -2.27. The lowest BCUT2D eigenvalue weighted by molar-refractivity contribution is 0.305. The average molecular weight is 496 g/mol. The van der Waals surface area contributed by atoms with Crippen molar-refractivity contribution in [1.29, 1.82) is 0 Å². The summed E-state index contributed by atoms with van der Waals surface area (Å²) in [4.78, 5) is 2.32. The predicted octanol–water partition coefficient (Wildman–Crippen LogP) is 10.2. The van der Waals surface area contributed by atoms with Crippen LogP contribution < -0.4 is 14.4 Å². The molecule has 4 rings (SSSR count). The molecule has 0 spiro atoms. The van der Waals surface area contributed by atoms with Gasteiger partial charge >= 0.3 is 0 Å². The van der Waals surface area contributed by atoms with Crippen molar-refractivity contribution in [2.24, 2.45) is 0 Å². The normalized spacial score (nSPS) is 11.0. The van der Waals surface area contributed by atoms with Crippen LogP contribution in [0.3, 0.4) is 0 Å². The zero-order valence-electron chi connectivity index (χ0n) is 22.5. The summed E-state index contributed by atoms with van der Waals surface area (Å²) in [5, 5.41) is 2.45. The van der Waals surface area contributed by atoms with Crippen LogP contribution in [0.25, 0.3) is 10.8 Å². The Balaban J connectivity index is 1.57. The second-order valence-corrected chi connectivity index (χ2v) is 9.64. The second-order valence-electron chi connectivity index (χ2n) is 9.64. The molecule has 0 heterocycles. The van der Waals surface area contributed by atoms with E-state index in [1.54, 1.807) is 0 Å². The average Bonchev–Trinajstić information content (AvgIpc) is 2.95. The first-order chi connectivity index (χ1) is 18.3. The van der Waals surface area contributed by atoms with Gasteiger partial charge in [-0.25, -0.2) is 0 Å². The summed E-state index contributed by atoms with van der Waals surface area (Å²) in [6, 6.07) is 32.0. The molecule has 37 heavy (non-hydrogen) atoms. The summed E-state index contributed by atoms with van der Waals surface area (Å²) < 4.78 is 12.0. The number of fused-ring (bicyclic) bond motifs is 1. The van der Waals surface area contributed by atoms with Crippen LogP contribution in [-0.4, -0.2) is 13.2 Å². The third-order valence-corrected chi connectivity index (χ3v) is 6.73. The van der Waals surface area contributed by atoms with Crippen LogP contribution in [-0.2, 0) is 0 Å². The molecule has 0 aliphatic carbocycles. The van der Waals surface area contributed by atoms with E-state index in [4.69, 9.17) is 9.47 Å². The fraction of sp³-hybridized carbons (Fsp3) is 0.353. The van der Waals surface area contributed by atoms with Crippen LogP contribution in [0.1, 0.15) is 65.2 Å². The second kappa shape index (κ2) is 14.3. The van der Waals surface area contributed by atoms with Gasteiger partial charge in [-0.15, -0.1) is 0 Å². The molecule has 194 valence electrons. The number of unbranched alkanes of at least 4 members (excludes halogenated alkanes) is 6. The largest absolute Gasteiger partial charge is 0.494 e. The molecule has 3 heteroatoms. The van der Waals surface area contributed by atoms with Gasteiger partial charge in [0.05, 0.1) is 18.9 Å². The zero-order valence-corrected chi connectivity index (χ0v) is 22.5. The highest BCUT2D eigenvalue weighted by atomic mass is 16.5. The first kappa shape index (κ1) is 26.6. The molecular formula is C34H41NO2. The van der Waals surface area contributed by atoms with Crippen molar-refractivity contribution in [1.82, 2.24) is 0 Å². The van der Waals surface area contributed by atoms with Gasteiger partial charge in [-0.05, 0) is 72.8 Å².